The monoisotopic (exact) mass is 357 g/mol. The summed E-state index contributed by atoms with van der Waals surface area (Å²) in [5.41, 5.74) is 2.12. The molecule has 1 nitrogen and oxygen atoms in total. The number of hydrogen-bond acceptors (Lipinski definition) is 1. The molecule has 0 fully saturated rings. The van der Waals surface area contributed by atoms with Crippen molar-refractivity contribution in [1.82, 2.24) is 0 Å². The standard InChI is InChI=1S/C13H15N.C4H10.C4H6.2C2H6/c1-3-8-12(9-4-2)14-13-10-6-5-7-11-13;1-4(2)3;1-3-4-2;2*1-2/h3-11,14H,1H2,2H3;4H,1-3H3;3-4H,1-2H2;2*1-2H3/b9-4-,12-8+;;;;. The van der Waals surface area contributed by atoms with Crippen LogP contribution in [0.5, 0.6) is 0 Å². The first-order valence-electron chi connectivity index (χ1n) is 9.52. The molecule has 0 radical (unpaired) electrons. The molecule has 0 spiro atoms. The minimum Gasteiger partial charge on any atom is -0.356 e. The number of allylic oxidation sites excluding steroid dienone is 6. The average Bonchev–Trinajstić information content (AvgIpc) is 2.66. The lowest BCUT2D eigenvalue weighted by Gasteiger charge is -2.05. The van der Waals surface area contributed by atoms with E-state index in [1.807, 2.05) is 83.2 Å². The number of benzene rings is 1. The van der Waals surface area contributed by atoms with Gasteiger partial charge < -0.3 is 5.32 Å². The van der Waals surface area contributed by atoms with Crippen LogP contribution in [-0.2, 0) is 0 Å². The van der Waals surface area contributed by atoms with Crippen LogP contribution in [0.4, 0.5) is 5.69 Å². The summed E-state index contributed by atoms with van der Waals surface area (Å²) in [6.45, 7) is 26.9. The fraction of sp³-hybridized carbons (Fsp3) is 0.360. The molecule has 1 aromatic rings. The van der Waals surface area contributed by atoms with Gasteiger partial charge in [0.05, 0.1) is 0 Å². The first kappa shape index (κ1) is 31.5. The Kier molecular flexibility index (Phi) is 37.0. The lowest BCUT2D eigenvalue weighted by atomic mass is 10.3. The summed E-state index contributed by atoms with van der Waals surface area (Å²) in [6.07, 6.45) is 11.0. The molecule has 0 amide bonds. The number of para-hydroxylation sites is 1. The Morgan fingerprint density at radius 1 is 0.846 bits per heavy atom. The van der Waals surface area contributed by atoms with Crippen LogP contribution in [0.1, 0.15) is 55.4 Å². The van der Waals surface area contributed by atoms with Crippen molar-refractivity contribution in [3.8, 4) is 0 Å². The molecule has 1 rings (SSSR count). The Hall–Kier alpha value is -2.28. The summed E-state index contributed by atoms with van der Waals surface area (Å²) in [5, 5.41) is 3.28. The van der Waals surface area contributed by atoms with E-state index in [1.165, 1.54) is 0 Å². The van der Waals surface area contributed by atoms with Crippen molar-refractivity contribution in [2.45, 2.75) is 55.4 Å². The molecule has 1 N–H and O–H groups in total. The van der Waals surface area contributed by atoms with Crippen molar-refractivity contribution in [2.75, 3.05) is 5.32 Å². The molecule has 0 aliphatic heterocycles. The highest BCUT2D eigenvalue weighted by Crippen LogP contribution is 2.09. The van der Waals surface area contributed by atoms with Gasteiger partial charge in [-0.05, 0) is 37.1 Å². The van der Waals surface area contributed by atoms with Gasteiger partial charge in [0, 0.05) is 11.4 Å². The van der Waals surface area contributed by atoms with E-state index in [9.17, 15) is 0 Å². The quantitative estimate of drug-likeness (QED) is 0.519. The van der Waals surface area contributed by atoms with Gasteiger partial charge in [-0.2, -0.15) is 0 Å². The van der Waals surface area contributed by atoms with Crippen molar-refractivity contribution in [3.05, 3.63) is 92.2 Å². The van der Waals surface area contributed by atoms with Gasteiger partial charge in [0.15, 0.2) is 0 Å². The lowest BCUT2D eigenvalue weighted by Crippen LogP contribution is -1.95. The molecule has 0 heterocycles. The van der Waals surface area contributed by atoms with Crippen LogP contribution in [0.3, 0.4) is 0 Å². The Balaban J connectivity index is -0.000000167. The van der Waals surface area contributed by atoms with Crippen molar-refractivity contribution in [2.24, 2.45) is 5.92 Å². The van der Waals surface area contributed by atoms with Gasteiger partial charge in [-0.15, -0.1) is 0 Å². The Labute approximate surface area is 164 Å². The van der Waals surface area contributed by atoms with E-state index in [2.05, 4.69) is 45.8 Å². The zero-order valence-electron chi connectivity index (χ0n) is 18.5. The third kappa shape index (κ3) is 33.4. The molecule has 148 valence electrons. The number of hydrogen-bond donors (Lipinski definition) is 1. The fourth-order valence-corrected chi connectivity index (χ4v) is 1.13. The maximum atomic E-state index is 3.67. The summed E-state index contributed by atoms with van der Waals surface area (Å²) in [6, 6.07) is 10.1. The van der Waals surface area contributed by atoms with Gasteiger partial charge in [-0.1, -0.05) is 111 Å². The molecule has 26 heavy (non-hydrogen) atoms. The fourth-order valence-electron chi connectivity index (χ4n) is 1.13. The predicted molar refractivity (Wildman–Crippen MR) is 127 cm³/mol. The Morgan fingerprint density at radius 2 is 1.27 bits per heavy atom. The minimum atomic E-state index is 0.833. The molecule has 0 aliphatic carbocycles. The van der Waals surface area contributed by atoms with E-state index in [-0.39, 0.29) is 0 Å². The lowest BCUT2D eigenvalue weighted by molar-refractivity contribution is 0.737. The molecule has 1 aromatic carbocycles. The largest absolute Gasteiger partial charge is 0.356 e. The molecule has 0 aromatic heterocycles. The molecular weight excluding hydrogens is 314 g/mol. The van der Waals surface area contributed by atoms with Gasteiger partial charge in [0.1, 0.15) is 0 Å². The molecule has 0 bridgehead atoms. The van der Waals surface area contributed by atoms with Crippen molar-refractivity contribution < 1.29 is 0 Å². The molecule has 0 saturated carbocycles. The van der Waals surface area contributed by atoms with Crippen LogP contribution in [0.2, 0.25) is 0 Å². The summed E-state index contributed by atoms with van der Waals surface area (Å²) < 4.78 is 0. The van der Waals surface area contributed by atoms with E-state index >= 15 is 0 Å². The molecule has 0 saturated heterocycles. The van der Waals surface area contributed by atoms with Crippen LogP contribution < -0.4 is 5.32 Å². The summed E-state index contributed by atoms with van der Waals surface area (Å²) >= 11 is 0. The second-order valence-corrected chi connectivity index (χ2v) is 5.05. The van der Waals surface area contributed by atoms with Crippen LogP contribution in [-0.4, -0.2) is 0 Å². The first-order chi connectivity index (χ1) is 12.5. The molecule has 0 unspecified atom stereocenters. The SMILES string of the molecule is C=C/C=C(\C=C/C)Nc1ccccc1.C=CC=C.CC.CC.CC(C)C. The molecular formula is C25H43N. The van der Waals surface area contributed by atoms with Crippen molar-refractivity contribution >= 4 is 5.69 Å². The van der Waals surface area contributed by atoms with Crippen molar-refractivity contribution in [3.63, 3.8) is 0 Å². The molecule has 0 aliphatic rings. The normalized spacial score (nSPS) is 8.88. The van der Waals surface area contributed by atoms with Gasteiger partial charge in [-0.25, -0.2) is 0 Å². The topological polar surface area (TPSA) is 12.0 Å². The average molecular weight is 358 g/mol. The highest BCUT2D eigenvalue weighted by Gasteiger charge is 1.90. The summed E-state index contributed by atoms with van der Waals surface area (Å²) in [7, 11) is 0. The first-order valence-corrected chi connectivity index (χ1v) is 9.52. The van der Waals surface area contributed by atoms with Crippen LogP contribution in [0.25, 0.3) is 0 Å². The Bertz CT molecular complexity index is 442. The second-order valence-electron chi connectivity index (χ2n) is 5.05. The van der Waals surface area contributed by atoms with Gasteiger partial charge in [0.2, 0.25) is 0 Å². The van der Waals surface area contributed by atoms with E-state index in [4.69, 9.17) is 0 Å². The zero-order valence-corrected chi connectivity index (χ0v) is 18.5. The second kappa shape index (κ2) is 30.6. The van der Waals surface area contributed by atoms with E-state index in [0.717, 1.165) is 17.3 Å². The zero-order chi connectivity index (χ0) is 21.2. The maximum absolute atomic E-state index is 3.67. The Morgan fingerprint density at radius 3 is 1.58 bits per heavy atom. The smallest absolute Gasteiger partial charge is 0.0384 e. The third-order valence-corrected chi connectivity index (χ3v) is 1.87. The number of rotatable bonds is 5. The minimum absolute atomic E-state index is 0.833. The van der Waals surface area contributed by atoms with E-state index in [0.29, 0.717) is 0 Å². The van der Waals surface area contributed by atoms with Gasteiger partial charge in [0.25, 0.3) is 0 Å². The van der Waals surface area contributed by atoms with Crippen LogP contribution in [0.15, 0.2) is 92.2 Å². The van der Waals surface area contributed by atoms with Crippen LogP contribution in [0, 0.1) is 5.92 Å². The predicted octanol–water partition coefficient (Wildman–Crippen LogP) is 8.82. The summed E-state index contributed by atoms with van der Waals surface area (Å²) in [5.74, 6) is 0.833. The maximum Gasteiger partial charge on any atom is 0.0384 e. The van der Waals surface area contributed by atoms with Crippen molar-refractivity contribution in [1.29, 1.82) is 0 Å². The van der Waals surface area contributed by atoms with Gasteiger partial charge in [-0.3, -0.25) is 0 Å². The van der Waals surface area contributed by atoms with Crippen LogP contribution >= 0.6 is 0 Å². The van der Waals surface area contributed by atoms with Gasteiger partial charge >= 0.3 is 0 Å². The number of anilines is 1. The highest BCUT2D eigenvalue weighted by atomic mass is 14.9. The molecule has 0 atom stereocenters. The van der Waals surface area contributed by atoms with E-state index < -0.39 is 0 Å². The third-order valence-electron chi connectivity index (χ3n) is 1.87. The van der Waals surface area contributed by atoms with E-state index in [1.54, 1.807) is 18.2 Å². The molecule has 1 heteroatoms. The summed E-state index contributed by atoms with van der Waals surface area (Å²) in [4.78, 5) is 0. The number of nitrogens with one attached hydrogen (secondary N) is 1. The highest BCUT2D eigenvalue weighted by molar-refractivity contribution is 5.50.